The first-order valence-corrected chi connectivity index (χ1v) is 12.6. The molecule has 0 aromatic carbocycles. The largest absolute Gasteiger partial charge is 0.351 e. The smallest absolute Gasteiger partial charge is 0.269 e. The van der Waals surface area contributed by atoms with Gasteiger partial charge in [0.05, 0.1) is 5.69 Å². The third-order valence-corrected chi connectivity index (χ3v) is 7.09. The summed E-state index contributed by atoms with van der Waals surface area (Å²) in [6.07, 6.45) is 11.6. The number of piperidine rings is 1. The molecule has 2 atom stereocenters. The van der Waals surface area contributed by atoms with Gasteiger partial charge in [-0.25, -0.2) is 0 Å². The summed E-state index contributed by atoms with van der Waals surface area (Å²) in [7, 11) is 0. The molecule has 7 heteroatoms. The molecular weight excluding hydrogens is 414 g/mol. The van der Waals surface area contributed by atoms with Gasteiger partial charge in [0, 0.05) is 50.1 Å². The quantitative estimate of drug-likeness (QED) is 0.667. The molecule has 2 aliphatic rings. The summed E-state index contributed by atoms with van der Waals surface area (Å²) in [6.45, 7) is 7.03. The Labute approximate surface area is 197 Å². The molecule has 2 aromatic rings. The van der Waals surface area contributed by atoms with E-state index in [1.54, 1.807) is 6.20 Å². The average Bonchev–Trinajstić information content (AvgIpc) is 3.23. The maximum Gasteiger partial charge on any atom is 0.269 e. The van der Waals surface area contributed by atoms with Crippen molar-refractivity contribution in [2.24, 2.45) is 11.8 Å². The predicted molar refractivity (Wildman–Crippen MR) is 128 cm³/mol. The molecular formula is C26H37N5O2. The van der Waals surface area contributed by atoms with Crippen molar-refractivity contribution in [1.82, 2.24) is 25.0 Å². The van der Waals surface area contributed by atoms with Crippen LogP contribution in [0.15, 0.2) is 24.5 Å². The minimum Gasteiger partial charge on any atom is -0.351 e. The van der Waals surface area contributed by atoms with Crippen molar-refractivity contribution < 1.29 is 9.59 Å². The number of likely N-dealkylation sites (tertiary alicyclic amines) is 1. The summed E-state index contributed by atoms with van der Waals surface area (Å²) in [4.78, 5) is 32.2. The SMILES string of the molecule is CCn1nc2c(c1C(=O)NCCC1CCCN(C(=O)C(C)Cc3cccnc3)C1)CCCC2. The van der Waals surface area contributed by atoms with E-state index < -0.39 is 0 Å². The molecule has 33 heavy (non-hydrogen) atoms. The van der Waals surface area contributed by atoms with E-state index in [-0.39, 0.29) is 17.7 Å². The van der Waals surface area contributed by atoms with Crippen LogP contribution in [0.25, 0.3) is 0 Å². The third kappa shape index (κ3) is 5.63. The Bertz CT molecular complexity index is 955. The molecule has 0 saturated carbocycles. The highest BCUT2D eigenvalue weighted by Gasteiger charge is 2.28. The lowest BCUT2D eigenvalue weighted by molar-refractivity contribution is -0.136. The molecule has 178 valence electrons. The van der Waals surface area contributed by atoms with Crippen LogP contribution in [-0.2, 0) is 30.6 Å². The molecule has 1 fully saturated rings. The summed E-state index contributed by atoms with van der Waals surface area (Å²) in [6, 6.07) is 3.95. The number of amides is 2. The third-order valence-electron chi connectivity index (χ3n) is 7.09. The van der Waals surface area contributed by atoms with Crippen LogP contribution in [0.2, 0.25) is 0 Å². The van der Waals surface area contributed by atoms with Crippen molar-refractivity contribution in [3.63, 3.8) is 0 Å². The molecule has 1 aliphatic carbocycles. The molecule has 0 spiro atoms. The Morgan fingerprint density at radius 3 is 2.88 bits per heavy atom. The van der Waals surface area contributed by atoms with Crippen LogP contribution in [0.3, 0.4) is 0 Å². The van der Waals surface area contributed by atoms with E-state index in [4.69, 9.17) is 0 Å². The fourth-order valence-electron chi connectivity index (χ4n) is 5.34. The molecule has 0 bridgehead atoms. The molecule has 1 N–H and O–H groups in total. The number of hydrogen-bond acceptors (Lipinski definition) is 4. The van der Waals surface area contributed by atoms with Gasteiger partial charge in [-0.3, -0.25) is 19.3 Å². The highest BCUT2D eigenvalue weighted by Crippen LogP contribution is 2.25. The Balaban J connectivity index is 1.27. The number of nitrogens with one attached hydrogen (secondary N) is 1. The second-order valence-electron chi connectivity index (χ2n) is 9.60. The van der Waals surface area contributed by atoms with Gasteiger partial charge in [0.1, 0.15) is 5.69 Å². The van der Waals surface area contributed by atoms with E-state index in [2.05, 4.69) is 15.4 Å². The van der Waals surface area contributed by atoms with E-state index in [1.165, 1.54) is 0 Å². The molecule has 7 nitrogen and oxygen atoms in total. The second kappa shape index (κ2) is 10.9. The number of carbonyl (C=O) groups excluding carboxylic acids is 2. The zero-order valence-corrected chi connectivity index (χ0v) is 20.1. The maximum atomic E-state index is 13.0. The number of pyridine rings is 1. The van der Waals surface area contributed by atoms with Crippen LogP contribution in [0.1, 0.15) is 73.3 Å². The van der Waals surface area contributed by atoms with Gasteiger partial charge in [-0.15, -0.1) is 0 Å². The average molecular weight is 452 g/mol. The summed E-state index contributed by atoms with van der Waals surface area (Å²) in [5, 5.41) is 7.82. The van der Waals surface area contributed by atoms with Crippen LogP contribution in [0, 0.1) is 11.8 Å². The summed E-state index contributed by atoms with van der Waals surface area (Å²) in [5.74, 6) is 0.610. The van der Waals surface area contributed by atoms with Gasteiger partial charge < -0.3 is 10.2 Å². The van der Waals surface area contributed by atoms with Crippen LogP contribution < -0.4 is 5.32 Å². The molecule has 3 heterocycles. The normalized spacial score (nSPS) is 19.1. The fraction of sp³-hybridized carbons (Fsp3) is 0.615. The topological polar surface area (TPSA) is 80.1 Å². The lowest BCUT2D eigenvalue weighted by atomic mass is 9.92. The standard InChI is InChI=1S/C26H37N5O2/c1-3-31-24(22-10-4-5-11-23(22)29-31)25(32)28-14-12-20-9-7-15-30(18-20)26(33)19(2)16-21-8-6-13-27-17-21/h6,8,13,17,19-20H,3-5,7,9-12,14-16,18H2,1-2H3,(H,28,32). The van der Waals surface area contributed by atoms with E-state index in [1.807, 2.05) is 41.8 Å². The maximum absolute atomic E-state index is 13.0. The summed E-state index contributed by atoms with van der Waals surface area (Å²) < 4.78 is 1.87. The highest BCUT2D eigenvalue weighted by molar-refractivity contribution is 5.94. The number of rotatable bonds is 8. The number of fused-ring (bicyclic) bond motifs is 1. The van der Waals surface area contributed by atoms with Crippen molar-refractivity contribution in [1.29, 1.82) is 0 Å². The Hall–Kier alpha value is -2.70. The number of nitrogens with zero attached hydrogens (tertiary/aromatic N) is 4. The van der Waals surface area contributed by atoms with Gasteiger partial charge in [-0.1, -0.05) is 13.0 Å². The van der Waals surface area contributed by atoms with Gasteiger partial charge in [-0.2, -0.15) is 5.10 Å². The zero-order valence-electron chi connectivity index (χ0n) is 20.1. The fourth-order valence-corrected chi connectivity index (χ4v) is 5.34. The number of hydrogen-bond donors (Lipinski definition) is 1. The highest BCUT2D eigenvalue weighted by atomic mass is 16.2. The molecule has 2 aromatic heterocycles. The molecule has 4 rings (SSSR count). The molecule has 2 amide bonds. The number of aryl methyl sites for hydroxylation is 2. The van der Waals surface area contributed by atoms with E-state index in [0.29, 0.717) is 19.0 Å². The first kappa shape index (κ1) is 23.5. The van der Waals surface area contributed by atoms with Crippen molar-refractivity contribution in [3.05, 3.63) is 47.0 Å². The van der Waals surface area contributed by atoms with E-state index in [9.17, 15) is 9.59 Å². The van der Waals surface area contributed by atoms with Crippen LogP contribution >= 0.6 is 0 Å². The van der Waals surface area contributed by atoms with E-state index in [0.717, 1.165) is 87.0 Å². The number of aromatic nitrogens is 3. The predicted octanol–water partition coefficient (Wildman–Crippen LogP) is 3.41. The second-order valence-corrected chi connectivity index (χ2v) is 9.60. The Morgan fingerprint density at radius 1 is 1.24 bits per heavy atom. The zero-order chi connectivity index (χ0) is 23.2. The van der Waals surface area contributed by atoms with E-state index >= 15 is 0 Å². The van der Waals surface area contributed by atoms with Crippen molar-refractivity contribution in [2.45, 2.75) is 71.8 Å². The van der Waals surface area contributed by atoms with Crippen LogP contribution in [0.5, 0.6) is 0 Å². The summed E-state index contributed by atoms with van der Waals surface area (Å²) in [5.41, 5.74) is 4.12. The van der Waals surface area contributed by atoms with Gasteiger partial charge in [0.15, 0.2) is 0 Å². The van der Waals surface area contributed by atoms with Gasteiger partial charge in [0.2, 0.25) is 5.91 Å². The Morgan fingerprint density at radius 2 is 2.09 bits per heavy atom. The monoisotopic (exact) mass is 451 g/mol. The first-order valence-electron chi connectivity index (χ1n) is 12.6. The van der Waals surface area contributed by atoms with Gasteiger partial charge >= 0.3 is 0 Å². The minimum atomic E-state index is -0.0480. The minimum absolute atomic E-state index is 0.00124. The summed E-state index contributed by atoms with van der Waals surface area (Å²) >= 11 is 0. The molecule has 2 unspecified atom stereocenters. The molecule has 1 saturated heterocycles. The van der Waals surface area contributed by atoms with Crippen molar-refractivity contribution >= 4 is 11.8 Å². The lowest BCUT2D eigenvalue weighted by Crippen LogP contribution is -2.43. The van der Waals surface area contributed by atoms with Crippen molar-refractivity contribution in [3.8, 4) is 0 Å². The molecule has 0 radical (unpaired) electrons. The van der Waals surface area contributed by atoms with Gasteiger partial charge in [-0.05, 0) is 75.8 Å². The van der Waals surface area contributed by atoms with Crippen LogP contribution in [-0.4, -0.2) is 51.1 Å². The van der Waals surface area contributed by atoms with Crippen molar-refractivity contribution in [2.75, 3.05) is 19.6 Å². The number of carbonyl (C=O) groups is 2. The molecule has 1 aliphatic heterocycles. The first-order chi connectivity index (χ1) is 16.1. The van der Waals surface area contributed by atoms with Gasteiger partial charge in [0.25, 0.3) is 5.91 Å². The van der Waals surface area contributed by atoms with Crippen LogP contribution in [0.4, 0.5) is 0 Å². The lowest BCUT2D eigenvalue weighted by Gasteiger charge is -2.34. The Kier molecular flexibility index (Phi) is 7.78.